The number of hydrogen-bond acceptors (Lipinski definition) is 4. The lowest BCUT2D eigenvalue weighted by molar-refractivity contribution is 0.373. The van der Waals surface area contributed by atoms with Gasteiger partial charge in [-0.1, -0.05) is 0 Å². The second-order valence-electron chi connectivity index (χ2n) is 2.41. The van der Waals surface area contributed by atoms with Crippen LogP contribution in [0.1, 0.15) is 5.69 Å². The highest BCUT2D eigenvalue weighted by molar-refractivity contribution is 5.96. The van der Waals surface area contributed by atoms with Crippen molar-refractivity contribution in [2.24, 2.45) is 17.9 Å². The largest absolute Gasteiger partial charge is 0.481 e. The third kappa shape index (κ3) is 1.78. The van der Waals surface area contributed by atoms with Gasteiger partial charge < -0.3 is 10.2 Å². The fraction of sp³-hybridized carbons (Fsp3) is 0.429. The van der Waals surface area contributed by atoms with Crippen molar-refractivity contribution in [2.45, 2.75) is 0 Å². The van der Waals surface area contributed by atoms with Gasteiger partial charge in [-0.15, -0.1) is 0 Å². The molecule has 0 spiro atoms. The van der Waals surface area contributed by atoms with Crippen molar-refractivity contribution < 1.29 is 4.74 Å². The van der Waals surface area contributed by atoms with Crippen molar-refractivity contribution in [1.29, 1.82) is 0 Å². The van der Waals surface area contributed by atoms with Gasteiger partial charge in [-0.3, -0.25) is 4.99 Å². The molecule has 0 saturated heterocycles. The second kappa shape index (κ2) is 3.90. The summed E-state index contributed by atoms with van der Waals surface area (Å²) in [6.07, 6.45) is 0. The highest BCUT2D eigenvalue weighted by atomic mass is 16.5. The number of nitrogens with zero attached hydrogens (tertiary/aromatic N) is 3. The van der Waals surface area contributed by atoms with E-state index in [0.717, 1.165) is 0 Å². The number of hydrazine groups is 1. The topological polar surface area (TPSA) is 77.5 Å². The van der Waals surface area contributed by atoms with Crippen LogP contribution in [0.5, 0.6) is 5.88 Å². The van der Waals surface area contributed by atoms with Crippen LogP contribution >= 0.6 is 0 Å². The van der Waals surface area contributed by atoms with Gasteiger partial charge in [-0.25, -0.2) is 10.5 Å². The van der Waals surface area contributed by atoms with E-state index in [-0.39, 0.29) is 0 Å². The predicted molar refractivity (Wildman–Crippen MR) is 49.5 cm³/mol. The van der Waals surface area contributed by atoms with Gasteiger partial charge >= 0.3 is 0 Å². The molecule has 72 valence electrons. The van der Waals surface area contributed by atoms with E-state index in [0.29, 0.717) is 17.4 Å². The normalized spacial score (nSPS) is 11.5. The number of hydrogen-bond donors (Lipinski definition) is 2. The van der Waals surface area contributed by atoms with Crippen LogP contribution in [0.15, 0.2) is 11.1 Å². The van der Waals surface area contributed by atoms with Crippen LogP contribution in [-0.4, -0.2) is 29.8 Å². The van der Waals surface area contributed by atoms with Crippen LogP contribution in [-0.2, 0) is 7.05 Å². The molecule has 0 aliphatic rings. The summed E-state index contributed by atoms with van der Waals surface area (Å²) < 4.78 is 6.65. The van der Waals surface area contributed by atoms with E-state index in [9.17, 15) is 0 Å². The van der Waals surface area contributed by atoms with Crippen LogP contribution in [0.2, 0.25) is 0 Å². The molecule has 1 heterocycles. The molecular formula is C7H13N5O. The van der Waals surface area contributed by atoms with Crippen molar-refractivity contribution >= 4 is 5.84 Å². The number of nitrogens with two attached hydrogens (primary N) is 1. The van der Waals surface area contributed by atoms with Crippen LogP contribution in [0, 0.1) is 0 Å². The van der Waals surface area contributed by atoms with Crippen LogP contribution < -0.4 is 16.0 Å². The summed E-state index contributed by atoms with van der Waals surface area (Å²) >= 11 is 0. The molecule has 6 heteroatoms. The number of rotatable bonds is 2. The summed E-state index contributed by atoms with van der Waals surface area (Å²) in [4.78, 5) is 3.91. The first-order chi connectivity index (χ1) is 6.22. The Bertz CT molecular complexity index is 317. The minimum Gasteiger partial charge on any atom is -0.481 e. The van der Waals surface area contributed by atoms with Crippen LogP contribution in [0.4, 0.5) is 0 Å². The number of amidine groups is 1. The Hall–Kier alpha value is -1.56. The first kappa shape index (κ1) is 9.53. The quantitative estimate of drug-likeness (QED) is 0.274. The monoisotopic (exact) mass is 183 g/mol. The van der Waals surface area contributed by atoms with Crippen molar-refractivity contribution in [2.75, 3.05) is 14.2 Å². The zero-order valence-electron chi connectivity index (χ0n) is 7.90. The zero-order chi connectivity index (χ0) is 9.84. The van der Waals surface area contributed by atoms with Crippen LogP contribution in [0.3, 0.4) is 0 Å². The number of nitrogens with one attached hydrogen (secondary N) is 1. The van der Waals surface area contributed by atoms with Gasteiger partial charge in [0, 0.05) is 20.2 Å². The molecule has 0 aliphatic heterocycles. The summed E-state index contributed by atoms with van der Waals surface area (Å²) in [6, 6.07) is 1.75. The highest BCUT2D eigenvalue weighted by Crippen LogP contribution is 2.10. The summed E-state index contributed by atoms with van der Waals surface area (Å²) in [5.41, 5.74) is 3.11. The van der Waals surface area contributed by atoms with Crippen molar-refractivity contribution in [3.8, 4) is 5.88 Å². The molecule has 13 heavy (non-hydrogen) atoms. The summed E-state index contributed by atoms with van der Waals surface area (Å²) in [7, 11) is 5.00. The van der Waals surface area contributed by atoms with Crippen molar-refractivity contribution in [3.63, 3.8) is 0 Å². The maximum Gasteiger partial charge on any atom is 0.211 e. The first-order valence-electron chi connectivity index (χ1n) is 3.74. The van der Waals surface area contributed by atoms with Gasteiger partial charge in [0.1, 0.15) is 5.69 Å². The molecule has 0 aromatic carbocycles. The molecule has 0 bridgehead atoms. The summed E-state index contributed by atoms with van der Waals surface area (Å²) in [5, 5.41) is 4.14. The van der Waals surface area contributed by atoms with E-state index in [1.807, 2.05) is 0 Å². The van der Waals surface area contributed by atoms with E-state index in [4.69, 9.17) is 10.6 Å². The molecular weight excluding hydrogens is 170 g/mol. The van der Waals surface area contributed by atoms with Gasteiger partial charge in [0.15, 0.2) is 5.84 Å². The number of aliphatic imine (C=N–C) groups is 1. The summed E-state index contributed by atoms with van der Waals surface area (Å²) in [6.45, 7) is 0. The molecule has 0 atom stereocenters. The molecule has 0 amide bonds. The smallest absolute Gasteiger partial charge is 0.211 e. The third-order valence-electron chi connectivity index (χ3n) is 1.65. The predicted octanol–water partition coefficient (Wildman–Crippen LogP) is -0.732. The number of methoxy groups -OCH3 is 1. The molecule has 0 radical (unpaired) electrons. The lowest BCUT2D eigenvalue weighted by Gasteiger charge is -1.97. The number of ether oxygens (including phenoxy) is 1. The lowest BCUT2D eigenvalue weighted by atomic mass is 10.4. The first-order valence-corrected chi connectivity index (χ1v) is 3.74. The Balaban J connectivity index is 3.02. The summed E-state index contributed by atoms with van der Waals surface area (Å²) in [5.74, 6) is 6.43. The SMILES string of the molecule is CN=C(NN)c1cc(OC)n(C)n1. The lowest BCUT2D eigenvalue weighted by Crippen LogP contribution is -2.31. The molecule has 0 saturated carbocycles. The minimum absolute atomic E-state index is 0.527. The molecule has 0 fully saturated rings. The zero-order valence-corrected chi connectivity index (χ0v) is 7.90. The van der Waals surface area contributed by atoms with Crippen molar-refractivity contribution in [1.82, 2.24) is 15.2 Å². The maximum absolute atomic E-state index is 5.25. The van der Waals surface area contributed by atoms with Gasteiger partial charge in [-0.2, -0.15) is 5.10 Å². The maximum atomic E-state index is 5.25. The molecule has 0 unspecified atom stereocenters. The van der Waals surface area contributed by atoms with Gasteiger partial charge in [-0.05, 0) is 0 Å². The second-order valence-corrected chi connectivity index (χ2v) is 2.41. The Morgan fingerprint density at radius 3 is 2.85 bits per heavy atom. The van der Waals surface area contributed by atoms with Gasteiger partial charge in [0.05, 0.1) is 7.11 Å². The molecule has 1 rings (SSSR count). The van der Waals surface area contributed by atoms with Crippen LogP contribution in [0.25, 0.3) is 0 Å². The Labute approximate surface area is 76.4 Å². The van der Waals surface area contributed by atoms with E-state index in [1.54, 1.807) is 32.0 Å². The van der Waals surface area contributed by atoms with E-state index < -0.39 is 0 Å². The number of aromatic nitrogens is 2. The number of aryl methyl sites for hydroxylation is 1. The fourth-order valence-electron chi connectivity index (χ4n) is 1.01. The highest BCUT2D eigenvalue weighted by Gasteiger charge is 2.08. The molecule has 1 aromatic heterocycles. The Morgan fingerprint density at radius 2 is 2.46 bits per heavy atom. The average Bonchev–Trinajstić information content (AvgIpc) is 2.49. The standard InChI is InChI=1S/C7H13N5O/c1-9-7(10-8)5-4-6(13-3)12(2)11-5/h4H,8H2,1-3H3,(H,9,10). The minimum atomic E-state index is 0.527. The van der Waals surface area contributed by atoms with E-state index in [1.165, 1.54) is 0 Å². The molecule has 3 N–H and O–H groups in total. The van der Waals surface area contributed by atoms with Crippen molar-refractivity contribution in [3.05, 3.63) is 11.8 Å². The Morgan fingerprint density at radius 1 is 1.77 bits per heavy atom. The third-order valence-corrected chi connectivity index (χ3v) is 1.65. The van der Waals surface area contributed by atoms with Gasteiger partial charge in [0.25, 0.3) is 0 Å². The fourth-order valence-corrected chi connectivity index (χ4v) is 1.01. The Kier molecular flexibility index (Phi) is 2.86. The molecule has 6 nitrogen and oxygen atoms in total. The molecule has 1 aromatic rings. The van der Waals surface area contributed by atoms with E-state index >= 15 is 0 Å². The van der Waals surface area contributed by atoms with E-state index in [2.05, 4.69) is 15.5 Å². The van der Waals surface area contributed by atoms with Gasteiger partial charge in [0.2, 0.25) is 5.88 Å². The average molecular weight is 183 g/mol. The molecule has 0 aliphatic carbocycles.